The molecular formula is C17H30N4. The van der Waals surface area contributed by atoms with Gasteiger partial charge in [-0.05, 0) is 39.2 Å². The molecule has 118 valence electrons. The van der Waals surface area contributed by atoms with Gasteiger partial charge in [0.15, 0.2) is 0 Å². The maximum absolute atomic E-state index is 4.85. The Morgan fingerprint density at radius 2 is 2.14 bits per heavy atom. The number of hydrogen-bond acceptors (Lipinski definition) is 3. The van der Waals surface area contributed by atoms with Crippen LogP contribution in [0.4, 0.5) is 0 Å². The van der Waals surface area contributed by atoms with Crippen LogP contribution in [-0.4, -0.2) is 39.4 Å². The van der Waals surface area contributed by atoms with Gasteiger partial charge < -0.3 is 5.32 Å². The summed E-state index contributed by atoms with van der Waals surface area (Å²) in [6.45, 7) is 10.1. The highest BCUT2D eigenvalue weighted by molar-refractivity contribution is 5.03. The van der Waals surface area contributed by atoms with Gasteiger partial charge in [0.05, 0.1) is 11.7 Å². The minimum atomic E-state index is 0.251. The molecule has 0 bridgehead atoms. The van der Waals surface area contributed by atoms with Gasteiger partial charge in [0.25, 0.3) is 0 Å². The molecule has 21 heavy (non-hydrogen) atoms. The number of hydrogen-bond donors (Lipinski definition) is 1. The second-order valence-corrected chi connectivity index (χ2v) is 7.27. The summed E-state index contributed by atoms with van der Waals surface area (Å²) in [5, 5.41) is 8.54. The van der Waals surface area contributed by atoms with E-state index in [1.807, 2.05) is 0 Å². The molecule has 4 nitrogen and oxygen atoms in total. The van der Waals surface area contributed by atoms with Crippen LogP contribution < -0.4 is 5.32 Å². The van der Waals surface area contributed by atoms with Crippen LogP contribution in [0.2, 0.25) is 0 Å². The topological polar surface area (TPSA) is 33.1 Å². The first-order valence-corrected chi connectivity index (χ1v) is 8.63. The lowest BCUT2D eigenvalue weighted by Gasteiger charge is -2.44. The van der Waals surface area contributed by atoms with E-state index in [0.29, 0.717) is 12.1 Å². The minimum Gasteiger partial charge on any atom is -0.309 e. The summed E-state index contributed by atoms with van der Waals surface area (Å²) in [6, 6.07) is 3.46. The van der Waals surface area contributed by atoms with Crippen LogP contribution >= 0.6 is 0 Å². The van der Waals surface area contributed by atoms with Crippen molar-refractivity contribution in [2.24, 2.45) is 0 Å². The molecule has 1 aromatic heterocycles. The van der Waals surface area contributed by atoms with Gasteiger partial charge in [-0.1, -0.05) is 19.8 Å². The summed E-state index contributed by atoms with van der Waals surface area (Å²) in [5.41, 5.74) is 1.48. The van der Waals surface area contributed by atoms with Crippen molar-refractivity contribution in [1.82, 2.24) is 20.0 Å². The fraction of sp³-hybridized carbons (Fsp3) is 0.824. The second kappa shape index (κ2) is 6.09. The first-order chi connectivity index (χ1) is 10.1. The average Bonchev–Trinajstić information content (AvgIpc) is 3.14. The molecule has 1 saturated heterocycles. The molecule has 2 aliphatic rings. The van der Waals surface area contributed by atoms with E-state index in [1.54, 1.807) is 0 Å². The number of rotatable bonds is 4. The zero-order chi connectivity index (χ0) is 14.9. The highest BCUT2D eigenvalue weighted by Gasteiger charge is 2.32. The van der Waals surface area contributed by atoms with E-state index in [1.165, 1.54) is 37.8 Å². The van der Waals surface area contributed by atoms with Gasteiger partial charge in [-0.3, -0.25) is 9.58 Å². The first-order valence-electron chi connectivity index (χ1n) is 8.63. The molecule has 1 aliphatic carbocycles. The molecule has 2 fully saturated rings. The molecule has 2 heterocycles. The highest BCUT2D eigenvalue weighted by Crippen LogP contribution is 2.29. The highest BCUT2D eigenvalue weighted by atomic mass is 15.3. The molecule has 0 aromatic carbocycles. The summed E-state index contributed by atoms with van der Waals surface area (Å²) < 4.78 is 2.22. The Morgan fingerprint density at radius 3 is 2.86 bits per heavy atom. The molecular weight excluding hydrogens is 260 g/mol. The Morgan fingerprint density at radius 1 is 1.38 bits per heavy atom. The van der Waals surface area contributed by atoms with Crippen LogP contribution in [0.3, 0.4) is 0 Å². The average molecular weight is 290 g/mol. The molecule has 1 N–H and O–H groups in total. The summed E-state index contributed by atoms with van der Waals surface area (Å²) in [5.74, 6) is 0. The van der Waals surface area contributed by atoms with Crippen molar-refractivity contribution in [3.63, 3.8) is 0 Å². The second-order valence-electron chi connectivity index (χ2n) is 7.27. The van der Waals surface area contributed by atoms with E-state index in [0.717, 1.165) is 19.6 Å². The van der Waals surface area contributed by atoms with E-state index >= 15 is 0 Å². The Labute approximate surface area is 128 Å². The van der Waals surface area contributed by atoms with Crippen LogP contribution in [0.15, 0.2) is 12.3 Å². The molecule has 0 amide bonds. The van der Waals surface area contributed by atoms with Crippen LogP contribution in [0.5, 0.6) is 0 Å². The van der Waals surface area contributed by atoms with E-state index in [9.17, 15) is 0 Å². The maximum Gasteiger partial charge on any atom is 0.0765 e. The fourth-order valence-electron chi connectivity index (χ4n) is 3.67. The van der Waals surface area contributed by atoms with Crippen LogP contribution in [-0.2, 0) is 6.54 Å². The predicted octanol–water partition coefficient (Wildman–Crippen LogP) is 2.96. The Balaban J connectivity index is 1.64. The molecule has 0 spiro atoms. The number of piperazine rings is 1. The number of aromatic nitrogens is 2. The standard InChI is InChI=1S/C17H30N4/c1-4-17(3)13-20(14(2)11-18-17)12-15-9-10-21(19-15)16-7-5-6-8-16/h9-10,14,16,18H,4-8,11-13H2,1-3H3. The van der Waals surface area contributed by atoms with Crippen LogP contribution in [0.25, 0.3) is 0 Å². The minimum absolute atomic E-state index is 0.251. The normalized spacial score (nSPS) is 31.9. The largest absolute Gasteiger partial charge is 0.309 e. The van der Waals surface area contributed by atoms with Crippen molar-refractivity contribution in [2.75, 3.05) is 13.1 Å². The van der Waals surface area contributed by atoms with Crippen LogP contribution in [0.1, 0.15) is 64.6 Å². The van der Waals surface area contributed by atoms with Crippen LogP contribution in [0, 0.1) is 0 Å². The van der Waals surface area contributed by atoms with E-state index in [-0.39, 0.29) is 5.54 Å². The van der Waals surface area contributed by atoms with Gasteiger partial charge >= 0.3 is 0 Å². The zero-order valence-corrected chi connectivity index (χ0v) is 13.8. The lowest BCUT2D eigenvalue weighted by molar-refractivity contribution is 0.0852. The Bertz CT molecular complexity index is 463. The van der Waals surface area contributed by atoms with E-state index < -0.39 is 0 Å². The van der Waals surface area contributed by atoms with E-state index in [4.69, 9.17) is 5.10 Å². The summed E-state index contributed by atoms with van der Waals surface area (Å²) in [4.78, 5) is 2.58. The third kappa shape index (κ3) is 3.32. The maximum atomic E-state index is 4.85. The molecule has 2 atom stereocenters. The molecule has 2 unspecified atom stereocenters. The Kier molecular flexibility index (Phi) is 4.36. The van der Waals surface area contributed by atoms with Gasteiger partial charge in [0.2, 0.25) is 0 Å². The third-order valence-electron chi connectivity index (χ3n) is 5.51. The SMILES string of the molecule is CCC1(C)CN(Cc2ccn(C3CCCC3)n2)C(C)CN1. The Hall–Kier alpha value is -0.870. The lowest BCUT2D eigenvalue weighted by atomic mass is 9.94. The lowest BCUT2D eigenvalue weighted by Crippen LogP contribution is -2.61. The molecule has 4 heteroatoms. The van der Waals surface area contributed by atoms with Crippen molar-refractivity contribution < 1.29 is 0 Å². The van der Waals surface area contributed by atoms with Crippen molar-refractivity contribution in [1.29, 1.82) is 0 Å². The molecule has 1 saturated carbocycles. The molecule has 0 radical (unpaired) electrons. The summed E-state index contributed by atoms with van der Waals surface area (Å²) in [6.07, 6.45) is 8.70. The van der Waals surface area contributed by atoms with E-state index in [2.05, 4.69) is 47.9 Å². The van der Waals surface area contributed by atoms with Crippen molar-refractivity contribution >= 4 is 0 Å². The fourth-order valence-corrected chi connectivity index (χ4v) is 3.67. The molecule has 1 aliphatic heterocycles. The van der Waals surface area contributed by atoms with Gasteiger partial charge in [-0.15, -0.1) is 0 Å². The van der Waals surface area contributed by atoms with Gasteiger partial charge in [0.1, 0.15) is 0 Å². The van der Waals surface area contributed by atoms with Crippen molar-refractivity contribution in [3.8, 4) is 0 Å². The number of nitrogens with one attached hydrogen (secondary N) is 1. The molecule has 3 rings (SSSR count). The first kappa shape index (κ1) is 15.0. The number of nitrogens with zero attached hydrogens (tertiary/aromatic N) is 3. The smallest absolute Gasteiger partial charge is 0.0765 e. The van der Waals surface area contributed by atoms with Crippen molar-refractivity contribution in [3.05, 3.63) is 18.0 Å². The quantitative estimate of drug-likeness (QED) is 0.925. The molecule has 1 aromatic rings. The van der Waals surface area contributed by atoms with Gasteiger partial charge in [-0.2, -0.15) is 5.10 Å². The zero-order valence-electron chi connectivity index (χ0n) is 13.8. The monoisotopic (exact) mass is 290 g/mol. The van der Waals surface area contributed by atoms with Gasteiger partial charge in [0, 0.05) is 37.4 Å². The summed E-state index contributed by atoms with van der Waals surface area (Å²) in [7, 11) is 0. The third-order valence-corrected chi connectivity index (χ3v) is 5.51. The van der Waals surface area contributed by atoms with Gasteiger partial charge in [-0.25, -0.2) is 0 Å². The summed E-state index contributed by atoms with van der Waals surface area (Å²) >= 11 is 0. The predicted molar refractivity (Wildman–Crippen MR) is 86.3 cm³/mol. The van der Waals surface area contributed by atoms with Crippen molar-refractivity contribution in [2.45, 2.75) is 77.0 Å².